The van der Waals surface area contributed by atoms with Gasteiger partial charge >= 0.3 is 0 Å². The fraction of sp³-hybridized carbons (Fsp3) is 0.0667. The van der Waals surface area contributed by atoms with Crippen LogP contribution >= 0.6 is 22.7 Å². The first-order chi connectivity index (χ1) is 11.2. The Balaban J connectivity index is 1.60. The highest BCUT2D eigenvalue weighted by molar-refractivity contribution is 7.15. The lowest BCUT2D eigenvalue weighted by Gasteiger charge is -2.01. The van der Waals surface area contributed by atoms with Crippen LogP contribution in [0.15, 0.2) is 47.8 Å². The summed E-state index contributed by atoms with van der Waals surface area (Å²) in [7, 11) is 0. The number of benzene rings is 1. The quantitative estimate of drug-likeness (QED) is 0.745. The van der Waals surface area contributed by atoms with Crippen LogP contribution < -0.4 is 10.6 Å². The van der Waals surface area contributed by atoms with Gasteiger partial charge in [-0.1, -0.05) is 35.6 Å². The molecule has 0 spiro atoms. The summed E-state index contributed by atoms with van der Waals surface area (Å²) in [5.41, 5.74) is 0.663. The maximum absolute atomic E-state index is 12.1. The summed E-state index contributed by atoms with van der Waals surface area (Å²) in [5, 5.41) is 15.3. The van der Waals surface area contributed by atoms with E-state index in [2.05, 4.69) is 20.8 Å². The maximum Gasteiger partial charge on any atom is 0.286 e. The number of nitrogens with one attached hydrogen (secondary N) is 2. The Morgan fingerprint density at radius 2 is 1.70 bits per heavy atom. The largest absolute Gasteiger partial charge is 0.345 e. The van der Waals surface area contributed by atoms with E-state index in [9.17, 15) is 9.59 Å². The molecule has 0 radical (unpaired) electrons. The molecule has 3 aromatic rings. The lowest BCUT2D eigenvalue weighted by Crippen LogP contribution is -2.22. The maximum atomic E-state index is 12.1. The molecule has 0 bridgehead atoms. The summed E-state index contributed by atoms with van der Waals surface area (Å²) in [6, 6.07) is 12.9. The van der Waals surface area contributed by atoms with E-state index in [0.717, 1.165) is 16.2 Å². The molecule has 0 saturated carbocycles. The molecule has 2 N–H and O–H groups in total. The smallest absolute Gasteiger partial charge is 0.286 e. The molecule has 1 aromatic carbocycles. The molecule has 3 rings (SSSR count). The molecule has 2 aromatic heterocycles. The third-order valence-corrected chi connectivity index (χ3v) is 4.65. The molecular weight excluding hydrogens is 332 g/mol. The van der Waals surface area contributed by atoms with Gasteiger partial charge in [0.05, 0.1) is 6.54 Å². The number of aromatic nitrogens is 2. The molecule has 116 valence electrons. The molecule has 0 saturated heterocycles. The van der Waals surface area contributed by atoms with E-state index in [0.29, 0.717) is 12.2 Å². The van der Waals surface area contributed by atoms with E-state index in [1.807, 2.05) is 35.7 Å². The van der Waals surface area contributed by atoms with Crippen molar-refractivity contribution in [2.45, 2.75) is 6.54 Å². The van der Waals surface area contributed by atoms with Crippen LogP contribution in [0.3, 0.4) is 0 Å². The summed E-state index contributed by atoms with van der Waals surface area (Å²) in [5.74, 6) is -0.722. The number of thiophene rings is 1. The highest BCUT2D eigenvalue weighted by Gasteiger charge is 2.17. The van der Waals surface area contributed by atoms with E-state index in [1.54, 1.807) is 23.5 Å². The molecule has 0 aliphatic carbocycles. The Morgan fingerprint density at radius 1 is 0.957 bits per heavy atom. The zero-order valence-electron chi connectivity index (χ0n) is 11.9. The van der Waals surface area contributed by atoms with Gasteiger partial charge < -0.3 is 10.6 Å². The Labute approximate surface area is 140 Å². The molecular formula is C15H12N4O2S2. The number of para-hydroxylation sites is 1. The SMILES string of the molecule is O=C(NCc1cccs1)c1nnc(C(=O)Nc2ccccc2)s1. The number of nitrogens with zero attached hydrogens (tertiary/aromatic N) is 2. The second kappa shape index (κ2) is 7.12. The van der Waals surface area contributed by atoms with E-state index in [-0.39, 0.29) is 21.8 Å². The average Bonchev–Trinajstić information content (AvgIpc) is 3.25. The second-order valence-corrected chi connectivity index (χ2v) is 6.50. The molecule has 8 heteroatoms. The molecule has 0 unspecified atom stereocenters. The third kappa shape index (κ3) is 3.99. The van der Waals surface area contributed by atoms with Gasteiger partial charge in [0.2, 0.25) is 10.0 Å². The van der Waals surface area contributed by atoms with Crippen molar-refractivity contribution in [3.8, 4) is 0 Å². The van der Waals surface area contributed by atoms with Crippen molar-refractivity contribution in [3.05, 3.63) is 62.7 Å². The van der Waals surface area contributed by atoms with Gasteiger partial charge in [0.1, 0.15) is 0 Å². The first-order valence-corrected chi connectivity index (χ1v) is 8.42. The minimum absolute atomic E-state index is 0.148. The van der Waals surface area contributed by atoms with Crippen molar-refractivity contribution in [2.75, 3.05) is 5.32 Å². The summed E-state index contributed by atoms with van der Waals surface area (Å²) < 4.78 is 0. The zero-order valence-corrected chi connectivity index (χ0v) is 13.5. The topological polar surface area (TPSA) is 84.0 Å². The van der Waals surface area contributed by atoms with Crippen molar-refractivity contribution in [1.29, 1.82) is 0 Å². The summed E-state index contributed by atoms with van der Waals surface area (Å²) in [6.07, 6.45) is 0. The fourth-order valence-electron chi connectivity index (χ4n) is 1.77. The summed E-state index contributed by atoms with van der Waals surface area (Å²) in [4.78, 5) is 25.1. The van der Waals surface area contributed by atoms with Gasteiger partial charge in [0, 0.05) is 10.6 Å². The van der Waals surface area contributed by atoms with E-state index >= 15 is 0 Å². The minimum atomic E-state index is -0.383. The molecule has 0 fully saturated rings. The fourth-order valence-corrected chi connectivity index (χ4v) is 3.07. The van der Waals surface area contributed by atoms with Crippen LogP contribution in [0.5, 0.6) is 0 Å². The molecule has 0 aliphatic heterocycles. The number of amides is 2. The Bertz CT molecular complexity index is 800. The predicted octanol–water partition coefficient (Wildman–Crippen LogP) is 2.78. The summed E-state index contributed by atoms with van der Waals surface area (Å²) >= 11 is 2.52. The van der Waals surface area contributed by atoms with E-state index in [1.165, 1.54) is 0 Å². The van der Waals surface area contributed by atoms with Crippen LogP contribution in [0, 0.1) is 0 Å². The third-order valence-electron chi connectivity index (χ3n) is 2.85. The molecule has 23 heavy (non-hydrogen) atoms. The van der Waals surface area contributed by atoms with Crippen molar-refractivity contribution < 1.29 is 9.59 Å². The number of anilines is 1. The molecule has 6 nitrogen and oxygen atoms in total. The van der Waals surface area contributed by atoms with Crippen molar-refractivity contribution in [3.63, 3.8) is 0 Å². The number of carbonyl (C=O) groups is 2. The van der Waals surface area contributed by atoms with Gasteiger partial charge in [-0.05, 0) is 23.6 Å². The number of hydrogen-bond donors (Lipinski definition) is 2. The normalized spacial score (nSPS) is 10.3. The van der Waals surface area contributed by atoms with Crippen molar-refractivity contribution >= 4 is 40.2 Å². The first kappa shape index (κ1) is 15.3. The average molecular weight is 344 g/mol. The summed E-state index contributed by atoms with van der Waals surface area (Å²) in [6.45, 7) is 0.432. The van der Waals surface area contributed by atoms with Crippen LogP contribution in [0.1, 0.15) is 24.5 Å². The van der Waals surface area contributed by atoms with Crippen LogP contribution in [0.4, 0.5) is 5.69 Å². The Hall–Kier alpha value is -2.58. The monoisotopic (exact) mass is 344 g/mol. The standard InChI is InChI=1S/C15H12N4O2S2/c20-12(16-9-11-7-4-8-22-11)14-18-19-15(23-14)13(21)17-10-5-2-1-3-6-10/h1-8H,9H2,(H,16,20)(H,17,21). The van der Waals surface area contributed by atoms with Gasteiger partial charge in [-0.2, -0.15) is 0 Å². The number of rotatable bonds is 5. The highest BCUT2D eigenvalue weighted by atomic mass is 32.1. The lowest BCUT2D eigenvalue weighted by molar-refractivity contribution is 0.0949. The zero-order chi connectivity index (χ0) is 16.1. The van der Waals surface area contributed by atoms with Gasteiger partial charge in [-0.15, -0.1) is 21.5 Å². The Morgan fingerprint density at radius 3 is 2.39 bits per heavy atom. The lowest BCUT2D eigenvalue weighted by atomic mass is 10.3. The van der Waals surface area contributed by atoms with Gasteiger partial charge in [0.15, 0.2) is 0 Å². The number of hydrogen-bond acceptors (Lipinski definition) is 6. The number of carbonyl (C=O) groups excluding carboxylic acids is 2. The minimum Gasteiger partial charge on any atom is -0.345 e. The van der Waals surface area contributed by atoms with Crippen LogP contribution in [0.2, 0.25) is 0 Å². The molecule has 2 amide bonds. The van der Waals surface area contributed by atoms with Crippen LogP contribution in [-0.2, 0) is 6.54 Å². The predicted molar refractivity (Wildman–Crippen MR) is 89.8 cm³/mol. The van der Waals surface area contributed by atoms with Gasteiger partial charge in [-0.3, -0.25) is 9.59 Å². The van der Waals surface area contributed by atoms with E-state index in [4.69, 9.17) is 0 Å². The highest BCUT2D eigenvalue weighted by Crippen LogP contribution is 2.14. The molecule has 0 atom stereocenters. The van der Waals surface area contributed by atoms with Crippen LogP contribution in [0.25, 0.3) is 0 Å². The van der Waals surface area contributed by atoms with Crippen molar-refractivity contribution in [1.82, 2.24) is 15.5 Å². The Kier molecular flexibility index (Phi) is 4.74. The molecule has 2 heterocycles. The molecule has 0 aliphatic rings. The van der Waals surface area contributed by atoms with Gasteiger partial charge in [-0.25, -0.2) is 0 Å². The second-order valence-electron chi connectivity index (χ2n) is 4.49. The van der Waals surface area contributed by atoms with Crippen molar-refractivity contribution in [2.24, 2.45) is 0 Å². The van der Waals surface area contributed by atoms with E-state index < -0.39 is 0 Å². The van der Waals surface area contributed by atoms with Crippen LogP contribution in [-0.4, -0.2) is 22.0 Å². The van der Waals surface area contributed by atoms with Gasteiger partial charge in [0.25, 0.3) is 11.8 Å². The first-order valence-electron chi connectivity index (χ1n) is 6.73.